The molecule has 4 aromatic rings. The molecular formula is C24H26N4O2S2. The van der Waals surface area contributed by atoms with Crippen LogP contribution in [0.1, 0.15) is 36.8 Å². The van der Waals surface area contributed by atoms with Crippen molar-refractivity contribution in [1.82, 2.24) is 19.2 Å². The zero-order valence-electron chi connectivity index (χ0n) is 18.6. The van der Waals surface area contributed by atoms with Crippen molar-refractivity contribution in [3.63, 3.8) is 0 Å². The van der Waals surface area contributed by atoms with Crippen LogP contribution in [0.5, 0.6) is 0 Å². The van der Waals surface area contributed by atoms with E-state index < -0.39 is 0 Å². The predicted octanol–water partition coefficient (Wildman–Crippen LogP) is 4.87. The Hall–Kier alpha value is -2.42. The van der Waals surface area contributed by atoms with Gasteiger partial charge in [-0.25, -0.2) is 4.40 Å². The third-order valence-corrected chi connectivity index (χ3v) is 8.05. The molecule has 4 heterocycles. The smallest absolute Gasteiger partial charge is 0.263 e. The normalized spacial score (nSPS) is 15.3. The highest BCUT2D eigenvalue weighted by molar-refractivity contribution is 7.99. The van der Waals surface area contributed by atoms with E-state index in [1.165, 1.54) is 5.56 Å². The van der Waals surface area contributed by atoms with Crippen LogP contribution >= 0.6 is 23.1 Å². The van der Waals surface area contributed by atoms with Crippen LogP contribution in [0.2, 0.25) is 0 Å². The van der Waals surface area contributed by atoms with Gasteiger partial charge in [0, 0.05) is 23.6 Å². The predicted molar refractivity (Wildman–Crippen MR) is 131 cm³/mol. The highest BCUT2D eigenvalue weighted by atomic mass is 32.2. The van der Waals surface area contributed by atoms with Crippen LogP contribution in [0.3, 0.4) is 0 Å². The minimum Gasteiger partial charge on any atom is -0.370 e. The second-order valence-corrected chi connectivity index (χ2v) is 11.0. The van der Waals surface area contributed by atoms with E-state index in [1.54, 1.807) is 27.7 Å². The Balaban J connectivity index is 1.71. The third-order valence-electron chi connectivity index (χ3n) is 5.70. The lowest BCUT2D eigenvalue weighted by molar-refractivity contribution is -0.0379. The number of nitrogens with zero attached hydrogens (tertiary/aromatic N) is 4. The fourth-order valence-electron chi connectivity index (χ4n) is 4.13. The molecule has 1 aromatic carbocycles. The highest BCUT2D eigenvalue weighted by Gasteiger charge is 2.32. The molecule has 1 aliphatic rings. The molecule has 3 aromatic heterocycles. The first-order valence-corrected chi connectivity index (χ1v) is 12.5. The summed E-state index contributed by atoms with van der Waals surface area (Å²) in [6.45, 7) is 11.3. The summed E-state index contributed by atoms with van der Waals surface area (Å²) < 4.78 is 9.90. The quantitative estimate of drug-likeness (QED) is 0.300. The number of aryl methyl sites for hydroxylation is 2. The number of thiophene rings is 1. The molecule has 6 nitrogen and oxygen atoms in total. The van der Waals surface area contributed by atoms with Gasteiger partial charge >= 0.3 is 0 Å². The van der Waals surface area contributed by atoms with Crippen LogP contribution in [0, 0.1) is 0 Å². The average Bonchev–Trinajstić information content (AvgIpc) is 3.33. The molecule has 0 saturated heterocycles. The number of benzene rings is 1. The van der Waals surface area contributed by atoms with Crippen molar-refractivity contribution in [3.8, 4) is 0 Å². The van der Waals surface area contributed by atoms with Crippen LogP contribution in [-0.4, -0.2) is 30.5 Å². The van der Waals surface area contributed by atoms with Gasteiger partial charge in [-0.2, -0.15) is 0 Å². The summed E-state index contributed by atoms with van der Waals surface area (Å²) in [5, 5.41) is 10.5. The fourth-order valence-corrected chi connectivity index (χ4v) is 6.18. The molecule has 0 N–H and O–H groups in total. The van der Waals surface area contributed by atoms with Gasteiger partial charge in [0.15, 0.2) is 5.16 Å². The second-order valence-electron chi connectivity index (χ2n) is 8.97. The lowest BCUT2D eigenvalue weighted by Gasteiger charge is -2.29. The highest BCUT2D eigenvalue weighted by Crippen LogP contribution is 2.38. The van der Waals surface area contributed by atoms with Crippen molar-refractivity contribution in [2.75, 3.05) is 5.75 Å². The van der Waals surface area contributed by atoms with Crippen LogP contribution in [-0.2, 0) is 30.7 Å². The lowest BCUT2D eigenvalue weighted by atomic mass is 9.94. The molecule has 8 heteroatoms. The van der Waals surface area contributed by atoms with Gasteiger partial charge in [-0.3, -0.25) is 9.36 Å². The van der Waals surface area contributed by atoms with Gasteiger partial charge in [-0.15, -0.1) is 21.5 Å². The van der Waals surface area contributed by atoms with Gasteiger partial charge in [0.25, 0.3) is 5.56 Å². The van der Waals surface area contributed by atoms with Crippen molar-refractivity contribution in [1.29, 1.82) is 0 Å². The molecule has 1 aliphatic heterocycles. The first-order valence-electron chi connectivity index (χ1n) is 10.7. The molecule has 0 atom stereocenters. The Bertz CT molecular complexity index is 1380. The Morgan fingerprint density at radius 1 is 1.28 bits per heavy atom. The van der Waals surface area contributed by atoms with E-state index in [0.717, 1.165) is 50.0 Å². The molecule has 0 fully saturated rings. The van der Waals surface area contributed by atoms with E-state index in [4.69, 9.17) is 4.74 Å². The maximum absolute atomic E-state index is 13.8. The van der Waals surface area contributed by atoms with E-state index in [0.29, 0.717) is 18.9 Å². The maximum atomic E-state index is 13.8. The molecule has 0 saturated carbocycles. The summed E-state index contributed by atoms with van der Waals surface area (Å²) in [5.41, 5.74) is 3.10. The molecule has 0 unspecified atom stereocenters. The van der Waals surface area contributed by atoms with Crippen LogP contribution < -0.4 is 5.56 Å². The zero-order valence-corrected chi connectivity index (χ0v) is 20.2. The first kappa shape index (κ1) is 21.4. The SMILES string of the molecule is C=C(C)CSc1nnc2n(CCc3ccccc3)c(=O)c3c4c(sc3n12)COC(C)(C)C4. The van der Waals surface area contributed by atoms with Crippen LogP contribution in [0.25, 0.3) is 16.0 Å². The van der Waals surface area contributed by atoms with E-state index in [9.17, 15) is 4.79 Å². The van der Waals surface area contributed by atoms with Gasteiger partial charge in [-0.1, -0.05) is 54.2 Å². The number of thioether (sulfide) groups is 1. The standard InChI is InChI=1S/C24H26N4O2S2/c1-15(2)14-31-23-26-25-22-27(11-10-16-8-6-5-7-9-16)20(29)19-17-12-24(3,4)30-13-18(17)32-21(19)28(22)23/h5-9H,1,10-14H2,2-4H3. The van der Waals surface area contributed by atoms with Crippen molar-refractivity contribution in [2.45, 2.75) is 57.5 Å². The fraction of sp³-hybridized carbons (Fsp3) is 0.375. The summed E-state index contributed by atoms with van der Waals surface area (Å²) in [6.07, 6.45) is 1.47. The molecule has 166 valence electrons. The van der Waals surface area contributed by atoms with Crippen molar-refractivity contribution >= 4 is 39.1 Å². The van der Waals surface area contributed by atoms with Gasteiger partial charge < -0.3 is 4.74 Å². The van der Waals surface area contributed by atoms with Gasteiger partial charge in [0.2, 0.25) is 5.78 Å². The summed E-state index contributed by atoms with van der Waals surface area (Å²) in [5.74, 6) is 1.36. The summed E-state index contributed by atoms with van der Waals surface area (Å²) >= 11 is 3.23. The van der Waals surface area contributed by atoms with E-state index in [-0.39, 0.29) is 11.2 Å². The lowest BCUT2D eigenvalue weighted by Crippen LogP contribution is -2.32. The zero-order chi connectivity index (χ0) is 22.5. The van der Waals surface area contributed by atoms with E-state index >= 15 is 0 Å². The molecule has 0 aliphatic carbocycles. The van der Waals surface area contributed by atoms with Crippen molar-refractivity contribution in [3.05, 3.63) is 68.8 Å². The maximum Gasteiger partial charge on any atom is 0.263 e. The van der Waals surface area contributed by atoms with Gasteiger partial charge in [0.1, 0.15) is 4.83 Å². The van der Waals surface area contributed by atoms with Gasteiger partial charge in [0.05, 0.1) is 17.6 Å². The largest absolute Gasteiger partial charge is 0.370 e. The molecular weight excluding hydrogens is 440 g/mol. The number of ether oxygens (including phenoxy) is 1. The van der Waals surface area contributed by atoms with Crippen LogP contribution in [0.15, 0.2) is 52.4 Å². The Morgan fingerprint density at radius 2 is 2.06 bits per heavy atom. The van der Waals surface area contributed by atoms with Crippen LogP contribution in [0.4, 0.5) is 0 Å². The topological polar surface area (TPSA) is 61.4 Å². The molecule has 32 heavy (non-hydrogen) atoms. The summed E-state index contributed by atoms with van der Waals surface area (Å²) in [6, 6.07) is 10.2. The Labute approximate surface area is 194 Å². The molecule has 5 rings (SSSR count). The second kappa shape index (κ2) is 8.17. The minimum absolute atomic E-state index is 0.0162. The molecule has 0 amide bonds. The molecule has 0 bridgehead atoms. The minimum atomic E-state index is -0.290. The first-order chi connectivity index (χ1) is 15.3. The Morgan fingerprint density at radius 3 is 2.81 bits per heavy atom. The number of hydrogen-bond donors (Lipinski definition) is 0. The molecule has 0 spiro atoms. The third kappa shape index (κ3) is 3.80. The average molecular weight is 467 g/mol. The number of rotatable bonds is 6. The monoisotopic (exact) mass is 466 g/mol. The van der Waals surface area contributed by atoms with Crippen molar-refractivity contribution in [2.24, 2.45) is 0 Å². The number of hydrogen-bond acceptors (Lipinski definition) is 6. The molecule has 0 radical (unpaired) electrons. The van der Waals surface area contributed by atoms with Crippen molar-refractivity contribution < 1.29 is 4.74 Å². The van der Waals surface area contributed by atoms with E-state index in [1.807, 2.05) is 25.1 Å². The summed E-state index contributed by atoms with van der Waals surface area (Å²) in [4.78, 5) is 15.9. The number of fused-ring (bicyclic) bond motifs is 5. The van der Waals surface area contributed by atoms with E-state index in [2.05, 4.69) is 47.2 Å². The number of aromatic nitrogens is 4. The Kier molecular flexibility index (Phi) is 5.47. The van der Waals surface area contributed by atoms with Gasteiger partial charge in [-0.05, 0) is 38.3 Å². The summed E-state index contributed by atoms with van der Waals surface area (Å²) in [7, 11) is 0.